The molecule has 0 aromatic heterocycles. The van der Waals surface area contributed by atoms with Crippen LogP contribution in [-0.2, 0) is 0 Å². The van der Waals surface area contributed by atoms with Gasteiger partial charge < -0.3 is 10.0 Å². The third-order valence-corrected chi connectivity index (χ3v) is 4.33. The quantitative estimate of drug-likeness (QED) is 0.830. The lowest BCUT2D eigenvalue weighted by Gasteiger charge is -2.38. The van der Waals surface area contributed by atoms with Crippen LogP contribution in [0.25, 0.3) is 0 Å². The molecule has 0 bridgehead atoms. The van der Waals surface area contributed by atoms with Crippen molar-refractivity contribution < 1.29 is 18.3 Å². The van der Waals surface area contributed by atoms with Crippen molar-refractivity contribution >= 4 is 0 Å². The largest absolute Gasteiger partial charge is 0.393 e. The second-order valence-corrected chi connectivity index (χ2v) is 5.75. The van der Waals surface area contributed by atoms with E-state index in [4.69, 9.17) is 0 Å². The summed E-state index contributed by atoms with van der Waals surface area (Å²) in [5.41, 5.74) is 0. The minimum absolute atomic E-state index is 0.118. The van der Waals surface area contributed by atoms with Crippen LogP contribution in [0.5, 0.6) is 0 Å². The molecule has 2 fully saturated rings. The van der Waals surface area contributed by atoms with Crippen LogP contribution in [0, 0.1) is 11.8 Å². The van der Waals surface area contributed by atoms with Gasteiger partial charge in [-0.1, -0.05) is 12.8 Å². The average Bonchev–Trinajstić information content (AvgIpc) is 2.31. The second kappa shape index (κ2) is 5.78. The zero-order chi connectivity index (χ0) is 13.2. The van der Waals surface area contributed by atoms with Crippen LogP contribution in [0.4, 0.5) is 13.2 Å². The fourth-order valence-corrected chi connectivity index (χ4v) is 3.22. The minimum Gasteiger partial charge on any atom is -0.393 e. The van der Waals surface area contributed by atoms with E-state index in [1.807, 2.05) is 4.90 Å². The van der Waals surface area contributed by atoms with Gasteiger partial charge in [-0.3, -0.25) is 0 Å². The van der Waals surface area contributed by atoms with Gasteiger partial charge in [-0.05, 0) is 38.1 Å². The number of halogens is 3. The molecule has 0 aromatic carbocycles. The maximum atomic E-state index is 12.7. The van der Waals surface area contributed by atoms with Crippen molar-refractivity contribution in [1.29, 1.82) is 0 Å². The van der Waals surface area contributed by atoms with Gasteiger partial charge in [0.1, 0.15) is 0 Å². The first-order valence-corrected chi connectivity index (χ1v) is 6.94. The van der Waals surface area contributed by atoms with E-state index in [0.717, 1.165) is 32.2 Å². The number of hydrogen-bond acceptors (Lipinski definition) is 2. The Morgan fingerprint density at radius 1 is 1.06 bits per heavy atom. The summed E-state index contributed by atoms with van der Waals surface area (Å²) in [5.74, 6) is -1.00. The van der Waals surface area contributed by atoms with Crippen LogP contribution in [0.2, 0.25) is 0 Å². The Labute approximate surface area is 106 Å². The predicted octanol–water partition coefficient (Wildman–Crippen LogP) is 2.81. The number of likely N-dealkylation sites (tertiary alicyclic amines) is 1. The standard InChI is InChI=1S/C13H22F3NO/c14-13(15,16)11-5-3-7-17(9-11)8-10-4-1-2-6-12(10)18/h10-12,18H,1-9H2. The molecule has 1 aliphatic heterocycles. The van der Waals surface area contributed by atoms with E-state index in [-0.39, 0.29) is 25.0 Å². The van der Waals surface area contributed by atoms with Crippen LogP contribution in [0.3, 0.4) is 0 Å². The van der Waals surface area contributed by atoms with Crippen LogP contribution in [0.1, 0.15) is 38.5 Å². The molecule has 3 atom stereocenters. The summed E-state index contributed by atoms with van der Waals surface area (Å²) in [7, 11) is 0. The summed E-state index contributed by atoms with van der Waals surface area (Å²) in [5, 5.41) is 9.88. The molecule has 5 heteroatoms. The minimum atomic E-state index is -4.07. The Balaban J connectivity index is 1.85. The highest BCUT2D eigenvalue weighted by Gasteiger charge is 2.42. The van der Waals surface area contributed by atoms with Crippen molar-refractivity contribution in [1.82, 2.24) is 4.90 Å². The molecule has 0 radical (unpaired) electrons. The Bertz CT molecular complexity index is 269. The summed E-state index contributed by atoms with van der Waals surface area (Å²) in [6, 6.07) is 0. The van der Waals surface area contributed by atoms with Crippen molar-refractivity contribution in [3.63, 3.8) is 0 Å². The SMILES string of the molecule is OC1CCCCC1CN1CCCC(C(F)(F)F)C1. The number of aliphatic hydroxyl groups excluding tert-OH is 1. The van der Waals surface area contributed by atoms with Crippen molar-refractivity contribution in [2.45, 2.75) is 50.8 Å². The monoisotopic (exact) mass is 265 g/mol. The second-order valence-electron chi connectivity index (χ2n) is 5.75. The fourth-order valence-electron chi connectivity index (χ4n) is 3.22. The maximum Gasteiger partial charge on any atom is 0.393 e. The lowest BCUT2D eigenvalue weighted by atomic mass is 9.85. The van der Waals surface area contributed by atoms with Crippen LogP contribution in [0.15, 0.2) is 0 Å². The highest BCUT2D eigenvalue weighted by Crippen LogP contribution is 2.34. The lowest BCUT2D eigenvalue weighted by Crippen LogP contribution is -2.45. The van der Waals surface area contributed by atoms with E-state index < -0.39 is 12.1 Å². The smallest absolute Gasteiger partial charge is 0.393 e. The molecule has 0 aromatic rings. The first-order valence-electron chi connectivity index (χ1n) is 6.94. The first-order chi connectivity index (χ1) is 8.47. The van der Waals surface area contributed by atoms with Crippen LogP contribution >= 0.6 is 0 Å². The third-order valence-electron chi connectivity index (χ3n) is 4.33. The lowest BCUT2D eigenvalue weighted by molar-refractivity contribution is -0.187. The average molecular weight is 265 g/mol. The van der Waals surface area contributed by atoms with Gasteiger partial charge in [0.25, 0.3) is 0 Å². The van der Waals surface area contributed by atoms with E-state index in [9.17, 15) is 18.3 Å². The van der Waals surface area contributed by atoms with Gasteiger partial charge in [0, 0.05) is 13.1 Å². The molecule has 2 aliphatic rings. The zero-order valence-electron chi connectivity index (χ0n) is 10.6. The van der Waals surface area contributed by atoms with Gasteiger partial charge in [-0.25, -0.2) is 0 Å². The van der Waals surface area contributed by atoms with Crippen molar-refractivity contribution in [2.75, 3.05) is 19.6 Å². The highest BCUT2D eigenvalue weighted by molar-refractivity contribution is 4.82. The Hall–Kier alpha value is -0.290. The van der Waals surface area contributed by atoms with Gasteiger partial charge >= 0.3 is 6.18 Å². The molecular weight excluding hydrogens is 243 g/mol. The topological polar surface area (TPSA) is 23.5 Å². The fraction of sp³-hybridized carbons (Fsp3) is 1.00. The molecule has 1 saturated heterocycles. The van der Waals surface area contributed by atoms with Gasteiger partial charge in [-0.2, -0.15) is 13.2 Å². The summed E-state index contributed by atoms with van der Waals surface area (Å²) < 4.78 is 38.1. The molecule has 18 heavy (non-hydrogen) atoms. The Morgan fingerprint density at radius 2 is 1.78 bits per heavy atom. The van der Waals surface area contributed by atoms with E-state index in [1.54, 1.807) is 0 Å². The molecule has 3 unspecified atom stereocenters. The normalized spacial score (nSPS) is 35.7. The van der Waals surface area contributed by atoms with Crippen LogP contribution in [-0.4, -0.2) is 41.9 Å². The number of aliphatic hydroxyl groups is 1. The number of rotatable bonds is 2. The molecule has 1 saturated carbocycles. The van der Waals surface area contributed by atoms with E-state index >= 15 is 0 Å². The molecule has 1 heterocycles. The zero-order valence-corrected chi connectivity index (χ0v) is 10.6. The van der Waals surface area contributed by atoms with Gasteiger partial charge in [-0.15, -0.1) is 0 Å². The van der Waals surface area contributed by atoms with Gasteiger partial charge in [0.05, 0.1) is 12.0 Å². The third kappa shape index (κ3) is 3.60. The molecular formula is C13H22F3NO. The molecule has 1 N–H and O–H groups in total. The van der Waals surface area contributed by atoms with E-state index in [1.165, 1.54) is 0 Å². The van der Waals surface area contributed by atoms with Crippen molar-refractivity contribution in [3.05, 3.63) is 0 Å². The molecule has 2 nitrogen and oxygen atoms in total. The van der Waals surface area contributed by atoms with Gasteiger partial charge in [0.15, 0.2) is 0 Å². The molecule has 1 aliphatic carbocycles. The predicted molar refractivity (Wildman–Crippen MR) is 63.2 cm³/mol. The van der Waals surface area contributed by atoms with Crippen molar-refractivity contribution in [3.8, 4) is 0 Å². The number of piperidine rings is 1. The van der Waals surface area contributed by atoms with Crippen molar-refractivity contribution in [2.24, 2.45) is 11.8 Å². The summed E-state index contributed by atoms with van der Waals surface area (Å²) >= 11 is 0. The molecule has 0 spiro atoms. The van der Waals surface area contributed by atoms with Crippen LogP contribution < -0.4 is 0 Å². The summed E-state index contributed by atoms with van der Waals surface area (Å²) in [6.45, 7) is 1.50. The summed E-state index contributed by atoms with van der Waals surface area (Å²) in [6.07, 6.45) is 0.394. The van der Waals surface area contributed by atoms with E-state index in [0.29, 0.717) is 13.0 Å². The first kappa shape index (κ1) is 14.1. The number of hydrogen-bond donors (Lipinski definition) is 1. The molecule has 2 rings (SSSR count). The van der Waals surface area contributed by atoms with E-state index in [2.05, 4.69) is 0 Å². The Morgan fingerprint density at radius 3 is 2.44 bits per heavy atom. The summed E-state index contributed by atoms with van der Waals surface area (Å²) in [4.78, 5) is 1.90. The maximum absolute atomic E-state index is 12.7. The Kier molecular flexibility index (Phi) is 4.54. The molecule has 106 valence electrons. The highest BCUT2D eigenvalue weighted by atomic mass is 19.4. The molecule has 0 amide bonds. The number of nitrogens with zero attached hydrogens (tertiary/aromatic N) is 1. The van der Waals surface area contributed by atoms with Gasteiger partial charge in [0.2, 0.25) is 0 Å². The number of alkyl halides is 3.